The highest BCUT2D eigenvalue weighted by molar-refractivity contribution is 7.80. The molecule has 5 nitrogen and oxygen atoms in total. The van der Waals surface area contributed by atoms with Gasteiger partial charge in [-0.1, -0.05) is 60.7 Å². The van der Waals surface area contributed by atoms with Gasteiger partial charge in [-0.2, -0.15) is 0 Å². The summed E-state index contributed by atoms with van der Waals surface area (Å²) in [6, 6.07) is 24.6. The zero-order valence-corrected chi connectivity index (χ0v) is 19.8. The molecule has 1 aliphatic heterocycles. The fourth-order valence-corrected chi connectivity index (χ4v) is 4.21. The summed E-state index contributed by atoms with van der Waals surface area (Å²) in [5.41, 5.74) is 2.30. The summed E-state index contributed by atoms with van der Waals surface area (Å²) in [4.78, 5) is 13.5. The summed E-state index contributed by atoms with van der Waals surface area (Å²) in [5, 5.41) is 4.16. The number of Topliss-reactive ketones (excluding diaryl/α,β-unsaturated/α-hetero) is 1. The average molecular weight is 479 g/mol. The Morgan fingerprint density at radius 3 is 2.35 bits per heavy atom. The van der Waals surface area contributed by atoms with E-state index in [1.165, 1.54) is 19.1 Å². The van der Waals surface area contributed by atoms with E-state index in [0.717, 1.165) is 11.1 Å². The smallest absolute Gasteiger partial charge is 0.169 e. The van der Waals surface area contributed by atoms with Gasteiger partial charge >= 0.3 is 0 Å². The molecule has 1 heterocycles. The van der Waals surface area contributed by atoms with Crippen molar-refractivity contribution in [1.82, 2.24) is 10.2 Å². The fraction of sp³-hybridized carbons (Fsp3) is 0.259. The molecular weight excluding hydrogens is 451 g/mol. The maximum absolute atomic E-state index is 14.1. The van der Waals surface area contributed by atoms with Crippen molar-refractivity contribution in [3.8, 4) is 5.75 Å². The van der Waals surface area contributed by atoms with Gasteiger partial charge in [0.1, 0.15) is 24.3 Å². The molecule has 176 valence electrons. The molecule has 34 heavy (non-hydrogen) atoms. The second-order valence-electron chi connectivity index (χ2n) is 8.15. The predicted octanol–water partition coefficient (Wildman–Crippen LogP) is 4.77. The molecule has 0 spiro atoms. The van der Waals surface area contributed by atoms with Crippen molar-refractivity contribution in [2.45, 2.75) is 19.1 Å². The summed E-state index contributed by atoms with van der Waals surface area (Å²) < 4.78 is 25.7. The number of ketones is 1. The van der Waals surface area contributed by atoms with Gasteiger partial charge in [0.2, 0.25) is 0 Å². The topological polar surface area (TPSA) is 50.8 Å². The molecule has 1 fully saturated rings. The number of morpholine rings is 1. The summed E-state index contributed by atoms with van der Waals surface area (Å²) in [7, 11) is 0. The number of hydrogen-bond acceptors (Lipinski definition) is 4. The highest BCUT2D eigenvalue weighted by atomic mass is 32.1. The molecule has 4 rings (SSSR count). The van der Waals surface area contributed by atoms with Crippen LogP contribution in [0.4, 0.5) is 4.39 Å². The second-order valence-corrected chi connectivity index (χ2v) is 8.54. The molecule has 1 saturated heterocycles. The van der Waals surface area contributed by atoms with E-state index in [0.29, 0.717) is 30.6 Å². The lowest BCUT2D eigenvalue weighted by atomic mass is 9.99. The summed E-state index contributed by atoms with van der Waals surface area (Å²) in [6.45, 7) is 3.31. The molecule has 0 aliphatic carbocycles. The first kappa shape index (κ1) is 23.9. The van der Waals surface area contributed by atoms with Crippen molar-refractivity contribution < 1.29 is 18.7 Å². The fourth-order valence-electron chi connectivity index (χ4n) is 3.93. The highest BCUT2D eigenvalue weighted by Crippen LogP contribution is 2.23. The van der Waals surface area contributed by atoms with E-state index in [9.17, 15) is 9.18 Å². The molecule has 0 radical (unpaired) electrons. The Hall–Kier alpha value is -3.29. The van der Waals surface area contributed by atoms with Gasteiger partial charge in [0.05, 0.1) is 18.2 Å². The van der Waals surface area contributed by atoms with E-state index in [1.54, 1.807) is 6.07 Å². The Kier molecular flexibility index (Phi) is 7.87. The van der Waals surface area contributed by atoms with E-state index >= 15 is 0 Å². The van der Waals surface area contributed by atoms with Crippen LogP contribution in [-0.2, 0) is 4.74 Å². The van der Waals surface area contributed by atoms with Crippen LogP contribution in [0, 0.1) is 5.82 Å². The van der Waals surface area contributed by atoms with Gasteiger partial charge in [0, 0.05) is 19.2 Å². The number of carbonyl (C=O) groups excluding carboxylic acids is 1. The van der Waals surface area contributed by atoms with Gasteiger partial charge in [-0.25, -0.2) is 4.39 Å². The van der Waals surface area contributed by atoms with Crippen molar-refractivity contribution in [3.05, 3.63) is 101 Å². The van der Waals surface area contributed by atoms with E-state index in [1.807, 2.05) is 36.4 Å². The lowest BCUT2D eigenvalue weighted by molar-refractivity contribution is -0.0289. The Labute approximate surface area is 204 Å². The third-order valence-electron chi connectivity index (χ3n) is 5.72. The van der Waals surface area contributed by atoms with Gasteiger partial charge in [-0.3, -0.25) is 4.79 Å². The van der Waals surface area contributed by atoms with E-state index in [4.69, 9.17) is 21.7 Å². The quantitative estimate of drug-likeness (QED) is 0.390. The summed E-state index contributed by atoms with van der Waals surface area (Å²) in [6.07, 6.45) is -0.226. The Morgan fingerprint density at radius 1 is 1.12 bits per heavy atom. The van der Waals surface area contributed by atoms with Crippen molar-refractivity contribution in [3.63, 3.8) is 0 Å². The minimum absolute atomic E-state index is 0.0512. The second kappa shape index (κ2) is 11.2. The lowest BCUT2D eigenvalue weighted by Gasteiger charge is -2.36. The zero-order chi connectivity index (χ0) is 23.9. The van der Waals surface area contributed by atoms with Crippen LogP contribution in [0.15, 0.2) is 78.9 Å². The highest BCUT2D eigenvalue weighted by Gasteiger charge is 2.25. The van der Waals surface area contributed by atoms with Gasteiger partial charge in [-0.15, -0.1) is 0 Å². The molecule has 7 heteroatoms. The van der Waals surface area contributed by atoms with Gasteiger partial charge in [0.25, 0.3) is 0 Å². The lowest BCUT2D eigenvalue weighted by Crippen LogP contribution is -2.51. The third-order valence-corrected chi connectivity index (χ3v) is 6.09. The van der Waals surface area contributed by atoms with Crippen molar-refractivity contribution in [2.75, 3.05) is 26.3 Å². The van der Waals surface area contributed by atoms with Gasteiger partial charge in [-0.05, 0) is 42.4 Å². The molecular formula is C27H27FN2O3S. The number of rotatable bonds is 7. The van der Waals surface area contributed by atoms with Crippen LogP contribution < -0.4 is 10.1 Å². The maximum atomic E-state index is 14.1. The van der Waals surface area contributed by atoms with Crippen LogP contribution in [0.2, 0.25) is 0 Å². The Bertz CT molecular complexity index is 1090. The monoisotopic (exact) mass is 478 g/mol. The van der Waals surface area contributed by atoms with E-state index < -0.39 is 5.82 Å². The predicted molar refractivity (Wildman–Crippen MR) is 134 cm³/mol. The number of ether oxygens (including phenoxy) is 2. The molecule has 0 amide bonds. The molecule has 1 unspecified atom stereocenters. The Morgan fingerprint density at radius 2 is 1.76 bits per heavy atom. The molecule has 3 aromatic rings. The van der Waals surface area contributed by atoms with Crippen molar-refractivity contribution in [1.29, 1.82) is 0 Å². The van der Waals surface area contributed by atoms with Gasteiger partial charge in [0.15, 0.2) is 10.9 Å². The number of nitrogens with one attached hydrogen (secondary N) is 1. The SMILES string of the molecule is CC(=O)c1ccc(OCC2CN(C(=S)NC(c3ccccc3)c3ccccc3)CCO2)cc1F. The molecule has 0 bridgehead atoms. The van der Waals surface area contributed by atoms with E-state index in [2.05, 4.69) is 34.5 Å². The van der Waals surface area contributed by atoms with Crippen LogP contribution in [0.3, 0.4) is 0 Å². The average Bonchev–Trinajstić information content (AvgIpc) is 2.87. The van der Waals surface area contributed by atoms with Crippen molar-refractivity contribution in [2.24, 2.45) is 0 Å². The Balaban J connectivity index is 1.38. The minimum Gasteiger partial charge on any atom is -0.491 e. The number of benzene rings is 3. The van der Waals surface area contributed by atoms with Crippen LogP contribution in [0.5, 0.6) is 5.75 Å². The number of nitrogens with zero attached hydrogens (tertiary/aromatic N) is 1. The number of hydrogen-bond donors (Lipinski definition) is 1. The molecule has 0 saturated carbocycles. The largest absolute Gasteiger partial charge is 0.491 e. The summed E-state index contributed by atoms with van der Waals surface area (Å²) in [5.74, 6) is -0.549. The maximum Gasteiger partial charge on any atom is 0.169 e. The first-order valence-electron chi connectivity index (χ1n) is 11.2. The standard InChI is InChI=1S/C27H27FN2O3S/c1-19(31)24-13-12-22(16-25(24)28)33-18-23-17-30(14-15-32-23)27(34)29-26(20-8-4-2-5-9-20)21-10-6-3-7-11-21/h2-13,16,23,26H,14-15,17-18H2,1H3,(H,29,34). The molecule has 1 N–H and O–H groups in total. The molecule has 3 aromatic carbocycles. The minimum atomic E-state index is -0.588. The number of thiocarbonyl (C=S) groups is 1. The van der Waals surface area contributed by atoms with E-state index in [-0.39, 0.29) is 30.1 Å². The normalized spacial score (nSPS) is 15.7. The van der Waals surface area contributed by atoms with Crippen molar-refractivity contribution >= 4 is 23.1 Å². The van der Waals surface area contributed by atoms with Crippen LogP contribution in [0.1, 0.15) is 34.5 Å². The first-order valence-corrected chi connectivity index (χ1v) is 11.6. The summed E-state index contributed by atoms with van der Waals surface area (Å²) >= 11 is 5.77. The van der Waals surface area contributed by atoms with Crippen LogP contribution in [-0.4, -0.2) is 48.2 Å². The molecule has 1 atom stereocenters. The molecule has 0 aromatic heterocycles. The third kappa shape index (κ3) is 5.98. The van der Waals surface area contributed by atoms with Gasteiger partial charge < -0.3 is 19.7 Å². The first-order chi connectivity index (χ1) is 16.5. The number of halogens is 1. The van der Waals surface area contributed by atoms with Crippen LogP contribution >= 0.6 is 12.2 Å². The van der Waals surface area contributed by atoms with Crippen LogP contribution in [0.25, 0.3) is 0 Å². The number of carbonyl (C=O) groups is 1. The molecule has 1 aliphatic rings. The zero-order valence-electron chi connectivity index (χ0n) is 18.9.